The smallest absolute Gasteiger partial charge is 0.389 e. The predicted octanol–water partition coefficient (Wildman–Crippen LogP) is 2.93. The van der Waals surface area contributed by atoms with Crippen molar-refractivity contribution >= 4 is 0 Å². The quantitative estimate of drug-likeness (QED) is 0.817. The molecule has 1 aliphatic rings. The summed E-state index contributed by atoms with van der Waals surface area (Å²) in [6.07, 6.45) is -3.92. The molecule has 6 heteroatoms. The number of nitrogens with one attached hydrogen (secondary N) is 1. The average molecular weight is 289 g/mol. The Bertz CT molecular complexity index is 435. The summed E-state index contributed by atoms with van der Waals surface area (Å²) in [6.45, 7) is 2.14. The highest BCUT2D eigenvalue weighted by molar-refractivity contribution is 5.43. The minimum absolute atomic E-state index is 0.116. The molecule has 112 valence electrons. The molecule has 0 unspecified atom stereocenters. The van der Waals surface area contributed by atoms with Gasteiger partial charge in [-0.2, -0.15) is 13.2 Å². The van der Waals surface area contributed by atoms with Crippen molar-refractivity contribution in [3.8, 4) is 11.5 Å². The van der Waals surface area contributed by atoms with E-state index in [0.29, 0.717) is 26.3 Å². The number of ether oxygens (including phenoxy) is 2. The van der Waals surface area contributed by atoms with Crippen LogP contribution in [0, 0.1) is 0 Å². The van der Waals surface area contributed by atoms with Crippen LogP contribution in [0.4, 0.5) is 13.2 Å². The molecule has 1 aliphatic heterocycles. The molecule has 0 radical (unpaired) electrons. The van der Waals surface area contributed by atoms with E-state index >= 15 is 0 Å². The second kappa shape index (κ2) is 6.83. The molecule has 1 heterocycles. The van der Waals surface area contributed by atoms with Gasteiger partial charge in [0.05, 0.1) is 0 Å². The molecular formula is C14H18F3NO2. The lowest BCUT2D eigenvalue weighted by atomic mass is 10.1. The number of fused-ring (bicyclic) bond motifs is 1. The zero-order valence-corrected chi connectivity index (χ0v) is 11.1. The molecule has 1 aromatic rings. The third kappa shape index (κ3) is 4.92. The molecule has 3 nitrogen and oxygen atoms in total. The zero-order chi connectivity index (χ0) is 14.4. The van der Waals surface area contributed by atoms with E-state index in [0.717, 1.165) is 23.5 Å². The molecule has 0 aliphatic carbocycles. The Morgan fingerprint density at radius 1 is 1.05 bits per heavy atom. The highest BCUT2D eigenvalue weighted by Gasteiger charge is 2.25. The van der Waals surface area contributed by atoms with Crippen LogP contribution in [0.5, 0.6) is 11.5 Å². The van der Waals surface area contributed by atoms with Gasteiger partial charge in [0.1, 0.15) is 13.2 Å². The lowest BCUT2D eigenvalue weighted by Crippen LogP contribution is -2.20. The number of rotatable bonds is 6. The Morgan fingerprint density at radius 3 is 2.55 bits per heavy atom. The first-order valence-corrected chi connectivity index (χ1v) is 6.70. The van der Waals surface area contributed by atoms with Crippen LogP contribution in [-0.4, -0.2) is 32.5 Å². The highest BCUT2D eigenvalue weighted by atomic mass is 19.4. The normalized spacial score (nSPS) is 14.3. The fourth-order valence-corrected chi connectivity index (χ4v) is 2.01. The minimum atomic E-state index is -4.06. The van der Waals surface area contributed by atoms with Crippen LogP contribution in [-0.2, 0) is 6.42 Å². The van der Waals surface area contributed by atoms with Gasteiger partial charge < -0.3 is 14.8 Å². The van der Waals surface area contributed by atoms with Crippen LogP contribution < -0.4 is 14.8 Å². The molecule has 20 heavy (non-hydrogen) atoms. The van der Waals surface area contributed by atoms with Crippen LogP contribution in [0.15, 0.2) is 18.2 Å². The number of alkyl halides is 3. The first-order valence-electron chi connectivity index (χ1n) is 6.70. The zero-order valence-electron chi connectivity index (χ0n) is 11.1. The van der Waals surface area contributed by atoms with E-state index in [1.807, 2.05) is 18.2 Å². The van der Waals surface area contributed by atoms with Gasteiger partial charge in [-0.05, 0) is 43.6 Å². The summed E-state index contributed by atoms with van der Waals surface area (Å²) in [6, 6.07) is 5.74. The van der Waals surface area contributed by atoms with Gasteiger partial charge in [0.25, 0.3) is 0 Å². The number of benzene rings is 1. The van der Waals surface area contributed by atoms with Crippen molar-refractivity contribution in [3.63, 3.8) is 0 Å². The number of hydrogen-bond donors (Lipinski definition) is 1. The van der Waals surface area contributed by atoms with Crippen molar-refractivity contribution in [1.82, 2.24) is 5.32 Å². The Morgan fingerprint density at radius 2 is 1.80 bits per heavy atom. The van der Waals surface area contributed by atoms with Crippen LogP contribution in [0.2, 0.25) is 0 Å². The van der Waals surface area contributed by atoms with E-state index < -0.39 is 12.6 Å². The van der Waals surface area contributed by atoms with Crippen molar-refractivity contribution in [2.24, 2.45) is 0 Å². The molecule has 0 bridgehead atoms. The predicted molar refractivity (Wildman–Crippen MR) is 69.3 cm³/mol. The molecule has 0 amide bonds. The second-order valence-corrected chi connectivity index (χ2v) is 4.70. The number of hydrogen-bond acceptors (Lipinski definition) is 3. The Kier molecular flexibility index (Phi) is 5.11. The maximum absolute atomic E-state index is 11.9. The molecule has 0 atom stereocenters. The topological polar surface area (TPSA) is 30.5 Å². The lowest BCUT2D eigenvalue weighted by Gasteiger charge is -2.18. The van der Waals surface area contributed by atoms with E-state index in [2.05, 4.69) is 5.32 Å². The van der Waals surface area contributed by atoms with Gasteiger partial charge in [0.2, 0.25) is 0 Å². The minimum Gasteiger partial charge on any atom is -0.486 e. The third-order valence-electron chi connectivity index (χ3n) is 3.01. The Balaban J connectivity index is 1.67. The van der Waals surface area contributed by atoms with Gasteiger partial charge in [-0.25, -0.2) is 0 Å². The van der Waals surface area contributed by atoms with Crippen molar-refractivity contribution in [3.05, 3.63) is 23.8 Å². The monoisotopic (exact) mass is 289 g/mol. The van der Waals surface area contributed by atoms with Gasteiger partial charge in [-0.15, -0.1) is 0 Å². The average Bonchev–Trinajstić information content (AvgIpc) is 2.41. The summed E-state index contributed by atoms with van der Waals surface area (Å²) in [4.78, 5) is 0. The van der Waals surface area contributed by atoms with E-state index in [1.54, 1.807) is 0 Å². The maximum atomic E-state index is 11.9. The Hall–Kier alpha value is -1.43. The largest absolute Gasteiger partial charge is 0.486 e. The summed E-state index contributed by atoms with van der Waals surface area (Å²) >= 11 is 0. The summed E-state index contributed by atoms with van der Waals surface area (Å²) in [5, 5.41) is 3.01. The lowest BCUT2D eigenvalue weighted by molar-refractivity contribution is -0.135. The maximum Gasteiger partial charge on any atom is 0.389 e. The van der Waals surface area contributed by atoms with Gasteiger partial charge in [-0.3, -0.25) is 0 Å². The van der Waals surface area contributed by atoms with Crippen LogP contribution in [0.3, 0.4) is 0 Å². The van der Waals surface area contributed by atoms with Crippen molar-refractivity contribution in [1.29, 1.82) is 0 Å². The van der Waals surface area contributed by atoms with Crippen LogP contribution in [0.25, 0.3) is 0 Å². The van der Waals surface area contributed by atoms with E-state index in [9.17, 15) is 13.2 Å². The third-order valence-corrected chi connectivity index (χ3v) is 3.01. The fraction of sp³-hybridized carbons (Fsp3) is 0.571. The fourth-order valence-electron chi connectivity index (χ4n) is 2.01. The first-order chi connectivity index (χ1) is 9.54. The van der Waals surface area contributed by atoms with Gasteiger partial charge in [0.15, 0.2) is 11.5 Å². The van der Waals surface area contributed by atoms with Crippen molar-refractivity contribution in [2.75, 3.05) is 26.3 Å². The molecular weight excluding hydrogens is 271 g/mol. The van der Waals surface area contributed by atoms with Crippen molar-refractivity contribution < 1.29 is 22.6 Å². The van der Waals surface area contributed by atoms with Gasteiger partial charge >= 0.3 is 6.18 Å². The molecule has 0 spiro atoms. The molecule has 0 aromatic heterocycles. The van der Waals surface area contributed by atoms with E-state index in [4.69, 9.17) is 9.47 Å². The summed E-state index contributed by atoms with van der Waals surface area (Å²) in [5.41, 5.74) is 1.08. The number of halogens is 3. The summed E-state index contributed by atoms with van der Waals surface area (Å²) in [7, 11) is 0. The van der Waals surface area contributed by atoms with Crippen LogP contribution in [0.1, 0.15) is 18.4 Å². The van der Waals surface area contributed by atoms with E-state index in [-0.39, 0.29) is 6.42 Å². The standard InChI is InChI=1S/C14H18F3NO2/c15-14(16,17)5-1-6-18-7-4-11-2-3-12-13(10-11)20-9-8-19-12/h2-3,10,18H,1,4-9H2. The summed E-state index contributed by atoms with van der Waals surface area (Å²) < 4.78 is 46.7. The molecule has 0 saturated carbocycles. The molecule has 1 aromatic carbocycles. The first kappa shape index (κ1) is 15.0. The highest BCUT2D eigenvalue weighted by Crippen LogP contribution is 2.30. The van der Waals surface area contributed by atoms with E-state index in [1.165, 1.54) is 0 Å². The van der Waals surface area contributed by atoms with Gasteiger partial charge in [0, 0.05) is 6.42 Å². The molecule has 2 rings (SSSR count). The SMILES string of the molecule is FC(F)(F)CCCNCCc1ccc2c(c1)OCCO2. The van der Waals surface area contributed by atoms with Gasteiger partial charge in [-0.1, -0.05) is 6.07 Å². The van der Waals surface area contributed by atoms with Crippen molar-refractivity contribution in [2.45, 2.75) is 25.4 Å². The molecule has 0 saturated heterocycles. The molecule has 0 fully saturated rings. The van der Waals surface area contributed by atoms with Crippen LogP contribution >= 0.6 is 0 Å². The second-order valence-electron chi connectivity index (χ2n) is 4.70. The molecule has 1 N–H and O–H groups in total. The summed E-state index contributed by atoms with van der Waals surface area (Å²) in [5.74, 6) is 1.49. The Labute approximate surface area is 116 Å².